The maximum Gasteiger partial charge on any atom is 0.220 e. The Labute approximate surface area is 107 Å². The summed E-state index contributed by atoms with van der Waals surface area (Å²) in [6, 6.07) is 7.87. The van der Waals surface area contributed by atoms with Crippen LogP contribution in [0.4, 0.5) is 5.95 Å². The van der Waals surface area contributed by atoms with Crippen molar-refractivity contribution >= 4 is 5.95 Å². The zero-order valence-electron chi connectivity index (χ0n) is 10.7. The first-order valence-corrected chi connectivity index (χ1v) is 6.03. The van der Waals surface area contributed by atoms with Crippen molar-refractivity contribution < 1.29 is 4.74 Å². The SMILES string of the molecule is CCCOc1ccc(-c2nc(N)ncc2C)cc1. The number of nitrogens with two attached hydrogens (primary N) is 1. The molecule has 2 aromatic rings. The number of benzene rings is 1. The summed E-state index contributed by atoms with van der Waals surface area (Å²) in [6.07, 6.45) is 2.74. The van der Waals surface area contributed by atoms with E-state index in [4.69, 9.17) is 10.5 Å². The lowest BCUT2D eigenvalue weighted by Crippen LogP contribution is -1.98. The molecule has 0 unspecified atom stereocenters. The van der Waals surface area contributed by atoms with Crippen LogP contribution in [-0.4, -0.2) is 16.6 Å². The van der Waals surface area contributed by atoms with E-state index in [0.717, 1.165) is 35.6 Å². The third kappa shape index (κ3) is 2.77. The van der Waals surface area contributed by atoms with E-state index in [0.29, 0.717) is 5.95 Å². The van der Waals surface area contributed by atoms with Gasteiger partial charge in [0.05, 0.1) is 12.3 Å². The van der Waals surface area contributed by atoms with Crippen LogP contribution >= 0.6 is 0 Å². The maximum atomic E-state index is 5.61. The second-order valence-corrected chi connectivity index (χ2v) is 4.13. The van der Waals surface area contributed by atoms with Crippen LogP contribution in [0.1, 0.15) is 18.9 Å². The molecule has 18 heavy (non-hydrogen) atoms. The number of hydrogen-bond donors (Lipinski definition) is 1. The van der Waals surface area contributed by atoms with Gasteiger partial charge >= 0.3 is 0 Å². The van der Waals surface area contributed by atoms with Crippen LogP contribution < -0.4 is 10.5 Å². The molecule has 0 saturated carbocycles. The summed E-state index contributed by atoms with van der Waals surface area (Å²) in [4.78, 5) is 8.23. The summed E-state index contributed by atoms with van der Waals surface area (Å²) in [6.45, 7) is 4.79. The highest BCUT2D eigenvalue weighted by molar-refractivity contribution is 5.64. The van der Waals surface area contributed by atoms with Gasteiger partial charge in [-0.05, 0) is 43.2 Å². The maximum absolute atomic E-state index is 5.61. The lowest BCUT2D eigenvalue weighted by molar-refractivity contribution is 0.317. The average Bonchev–Trinajstić information content (AvgIpc) is 2.40. The quantitative estimate of drug-likeness (QED) is 0.897. The summed E-state index contributed by atoms with van der Waals surface area (Å²) in [7, 11) is 0. The number of anilines is 1. The Balaban J connectivity index is 2.25. The molecule has 0 fully saturated rings. The molecule has 4 heteroatoms. The van der Waals surface area contributed by atoms with Gasteiger partial charge < -0.3 is 10.5 Å². The van der Waals surface area contributed by atoms with E-state index < -0.39 is 0 Å². The molecule has 0 radical (unpaired) electrons. The number of aromatic nitrogens is 2. The molecule has 1 aromatic carbocycles. The van der Waals surface area contributed by atoms with Gasteiger partial charge in [0.1, 0.15) is 5.75 Å². The van der Waals surface area contributed by atoms with Crippen LogP contribution in [0.3, 0.4) is 0 Å². The fraction of sp³-hybridized carbons (Fsp3) is 0.286. The van der Waals surface area contributed by atoms with Crippen LogP contribution in [-0.2, 0) is 0 Å². The molecule has 0 spiro atoms. The normalized spacial score (nSPS) is 10.3. The number of rotatable bonds is 4. The highest BCUT2D eigenvalue weighted by Gasteiger charge is 2.05. The van der Waals surface area contributed by atoms with Crippen LogP contribution in [0.15, 0.2) is 30.5 Å². The van der Waals surface area contributed by atoms with E-state index in [2.05, 4.69) is 16.9 Å². The molecule has 2 N–H and O–H groups in total. The topological polar surface area (TPSA) is 61.0 Å². The minimum Gasteiger partial charge on any atom is -0.494 e. The molecule has 2 rings (SSSR count). The van der Waals surface area contributed by atoms with Gasteiger partial charge in [-0.1, -0.05) is 6.92 Å². The van der Waals surface area contributed by atoms with E-state index in [-0.39, 0.29) is 0 Å². The fourth-order valence-corrected chi connectivity index (χ4v) is 1.68. The molecule has 0 aliphatic heterocycles. The van der Waals surface area contributed by atoms with E-state index in [1.54, 1.807) is 6.20 Å². The van der Waals surface area contributed by atoms with Gasteiger partial charge in [0, 0.05) is 11.8 Å². The Morgan fingerprint density at radius 1 is 1.22 bits per heavy atom. The molecule has 0 saturated heterocycles. The molecule has 0 atom stereocenters. The van der Waals surface area contributed by atoms with Crippen molar-refractivity contribution in [2.24, 2.45) is 0 Å². The highest BCUT2D eigenvalue weighted by Crippen LogP contribution is 2.23. The Morgan fingerprint density at radius 2 is 1.94 bits per heavy atom. The minimum atomic E-state index is 0.293. The van der Waals surface area contributed by atoms with Crippen molar-refractivity contribution in [2.45, 2.75) is 20.3 Å². The first kappa shape index (κ1) is 12.4. The van der Waals surface area contributed by atoms with Crippen LogP contribution in [0.25, 0.3) is 11.3 Å². The lowest BCUT2D eigenvalue weighted by Gasteiger charge is -2.07. The summed E-state index contributed by atoms with van der Waals surface area (Å²) < 4.78 is 5.54. The number of aryl methyl sites for hydroxylation is 1. The van der Waals surface area contributed by atoms with E-state index in [1.807, 2.05) is 31.2 Å². The summed E-state index contributed by atoms with van der Waals surface area (Å²) >= 11 is 0. The summed E-state index contributed by atoms with van der Waals surface area (Å²) in [5.74, 6) is 1.17. The Morgan fingerprint density at radius 3 is 2.61 bits per heavy atom. The molecule has 0 aliphatic carbocycles. The molecule has 4 nitrogen and oxygen atoms in total. The zero-order chi connectivity index (χ0) is 13.0. The monoisotopic (exact) mass is 243 g/mol. The van der Waals surface area contributed by atoms with E-state index >= 15 is 0 Å². The van der Waals surface area contributed by atoms with Crippen molar-refractivity contribution in [1.82, 2.24) is 9.97 Å². The first-order chi connectivity index (χ1) is 8.70. The Bertz CT molecular complexity index is 523. The van der Waals surface area contributed by atoms with E-state index in [1.165, 1.54) is 0 Å². The molecule has 0 bridgehead atoms. The highest BCUT2D eigenvalue weighted by atomic mass is 16.5. The average molecular weight is 243 g/mol. The molecular formula is C14H17N3O. The predicted molar refractivity (Wildman–Crippen MR) is 72.4 cm³/mol. The third-order valence-corrected chi connectivity index (χ3v) is 2.59. The first-order valence-electron chi connectivity index (χ1n) is 6.03. The smallest absolute Gasteiger partial charge is 0.220 e. The number of nitrogens with zero attached hydrogens (tertiary/aromatic N) is 2. The molecule has 0 amide bonds. The van der Waals surface area contributed by atoms with Crippen LogP contribution in [0, 0.1) is 6.92 Å². The summed E-state index contributed by atoms with van der Waals surface area (Å²) in [5, 5.41) is 0. The van der Waals surface area contributed by atoms with E-state index in [9.17, 15) is 0 Å². The number of ether oxygens (including phenoxy) is 1. The second kappa shape index (κ2) is 5.49. The van der Waals surface area contributed by atoms with Gasteiger partial charge in [-0.15, -0.1) is 0 Å². The van der Waals surface area contributed by atoms with Crippen LogP contribution in [0.2, 0.25) is 0 Å². The standard InChI is InChI=1S/C14H17N3O/c1-3-8-18-12-6-4-11(5-7-12)13-10(2)9-16-14(15)17-13/h4-7,9H,3,8H2,1-2H3,(H2,15,16,17). The van der Waals surface area contributed by atoms with Gasteiger partial charge in [-0.2, -0.15) is 0 Å². The van der Waals surface area contributed by atoms with Crippen molar-refractivity contribution in [1.29, 1.82) is 0 Å². The predicted octanol–water partition coefficient (Wildman–Crippen LogP) is 2.82. The molecular weight excluding hydrogens is 226 g/mol. The second-order valence-electron chi connectivity index (χ2n) is 4.13. The number of nitrogen functional groups attached to an aromatic ring is 1. The van der Waals surface area contributed by atoms with Crippen LogP contribution in [0.5, 0.6) is 5.75 Å². The minimum absolute atomic E-state index is 0.293. The third-order valence-electron chi connectivity index (χ3n) is 2.59. The fourth-order valence-electron chi connectivity index (χ4n) is 1.68. The van der Waals surface area contributed by atoms with Crippen molar-refractivity contribution in [3.05, 3.63) is 36.0 Å². The Kier molecular flexibility index (Phi) is 3.77. The summed E-state index contributed by atoms with van der Waals surface area (Å²) in [5.41, 5.74) is 8.50. The largest absolute Gasteiger partial charge is 0.494 e. The van der Waals surface area contributed by atoms with Gasteiger partial charge in [0.2, 0.25) is 5.95 Å². The Hall–Kier alpha value is -2.10. The van der Waals surface area contributed by atoms with Gasteiger partial charge in [0.25, 0.3) is 0 Å². The number of hydrogen-bond acceptors (Lipinski definition) is 4. The molecule has 1 aromatic heterocycles. The molecule has 0 aliphatic rings. The lowest BCUT2D eigenvalue weighted by atomic mass is 10.1. The molecule has 1 heterocycles. The van der Waals surface area contributed by atoms with Gasteiger partial charge in [0.15, 0.2) is 0 Å². The van der Waals surface area contributed by atoms with Gasteiger partial charge in [-0.25, -0.2) is 9.97 Å². The zero-order valence-corrected chi connectivity index (χ0v) is 10.7. The van der Waals surface area contributed by atoms with Gasteiger partial charge in [-0.3, -0.25) is 0 Å². The van der Waals surface area contributed by atoms with Crippen molar-refractivity contribution in [3.63, 3.8) is 0 Å². The molecule has 94 valence electrons. The van der Waals surface area contributed by atoms with Crippen molar-refractivity contribution in [3.8, 4) is 17.0 Å². The van der Waals surface area contributed by atoms with Crippen molar-refractivity contribution in [2.75, 3.05) is 12.3 Å².